The molecule has 0 radical (unpaired) electrons. The molecule has 64 heavy (non-hydrogen) atoms. The highest BCUT2D eigenvalue weighted by molar-refractivity contribution is 7.20. The van der Waals surface area contributed by atoms with E-state index < -0.39 is 8.07 Å². The van der Waals surface area contributed by atoms with Crippen LogP contribution in [0.2, 0.25) is 0 Å². The normalized spacial score (nSPS) is 12.8. The van der Waals surface area contributed by atoms with E-state index >= 15 is 0 Å². The molecule has 1 atom stereocenters. The van der Waals surface area contributed by atoms with Crippen LogP contribution in [-0.2, 0) is 0 Å². The molecule has 0 aliphatic carbocycles. The lowest BCUT2D eigenvalue weighted by molar-refractivity contribution is 0.669. The van der Waals surface area contributed by atoms with Crippen LogP contribution in [-0.4, -0.2) is 17.2 Å². The lowest BCUT2D eigenvalue weighted by atomic mass is 10.1. The Morgan fingerprint density at radius 2 is 0.750 bits per heavy atom. The van der Waals surface area contributed by atoms with Gasteiger partial charge in [-0.05, 0) is 92.5 Å². The maximum atomic E-state index is 6.45. The Labute approximate surface area is 371 Å². The van der Waals surface area contributed by atoms with Crippen LogP contribution in [0.3, 0.4) is 0 Å². The third-order valence-electron chi connectivity index (χ3n) is 13.5. The molecule has 0 saturated carbocycles. The van der Waals surface area contributed by atoms with Crippen molar-refractivity contribution >= 4 is 94.4 Å². The fraction of sp³-hybridized carbons (Fsp3) is 0. The van der Waals surface area contributed by atoms with Crippen LogP contribution in [0.25, 0.3) is 88.1 Å². The summed E-state index contributed by atoms with van der Waals surface area (Å²) in [7, 11) is -3.08. The summed E-state index contributed by atoms with van der Waals surface area (Å²) in [5.74, 6) is 0. The van der Waals surface area contributed by atoms with Crippen molar-refractivity contribution in [2.45, 2.75) is 0 Å². The van der Waals surface area contributed by atoms with Gasteiger partial charge in [-0.25, -0.2) is 0 Å². The molecule has 4 heteroatoms. The summed E-state index contributed by atoms with van der Waals surface area (Å²) in [4.78, 5) is 0. The van der Waals surface area contributed by atoms with E-state index in [-0.39, 0.29) is 0 Å². The van der Waals surface area contributed by atoms with Gasteiger partial charge in [-0.15, -0.1) is 0 Å². The summed E-state index contributed by atoms with van der Waals surface area (Å²) >= 11 is 0. The molecule has 0 bridgehead atoms. The Morgan fingerprint density at radius 1 is 0.266 bits per heavy atom. The van der Waals surface area contributed by atoms with E-state index in [0.29, 0.717) is 0 Å². The molecule has 0 N–H and O–H groups in total. The molecule has 0 aliphatic heterocycles. The summed E-state index contributed by atoms with van der Waals surface area (Å²) in [6.07, 6.45) is 0. The number of furan rings is 1. The molecule has 13 rings (SSSR count). The lowest BCUT2D eigenvalue weighted by Crippen LogP contribution is -2.74. The summed E-state index contributed by atoms with van der Waals surface area (Å²) in [6, 6.07) is 89.5. The van der Waals surface area contributed by atoms with Crippen molar-refractivity contribution in [2.24, 2.45) is 0 Å². The Morgan fingerprint density at radius 3 is 1.45 bits per heavy atom. The van der Waals surface area contributed by atoms with Crippen molar-refractivity contribution in [3.05, 3.63) is 243 Å². The fourth-order valence-corrected chi connectivity index (χ4v) is 15.5. The molecule has 10 aromatic carbocycles. The van der Waals surface area contributed by atoms with Gasteiger partial charge < -0.3 is 13.6 Å². The average molecular weight is 833 g/mol. The van der Waals surface area contributed by atoms with Gasteiger partial charge in [0.2, 0.25) is 0 Å². The zero-order chi connectivity index (χ0) is 42.2. The maximum Gasteiger partial charge on any atom is 0.179 e. The molecule has 1 unspecified atom stereocenters. The molecular weight excluding hydrogens is 793 g/mol. The molecule has 3 nitrogen and oxygen atoms in total. The third-order valence-corrected chi connectivity index (χ3v) is 18.2. The van der Waals surface area contributed by atoms with Gasteiger partial charge in [0.15, 0.2) is 8.07 Å². The molecule has 0 spiro atoms. The van der Waals surface area contributed by atoms with E-state index in [1.54, 1.807) is 0 Å². The topological polar surface area (TPSA) is 23.0 Å². The Hall–Kier alpha value is -8.18. The van der Waals surface area contributed by atoms with Crippen LogP contribution in [0.1, 0.15) is 0 Å². The van der Waals surface area contributed by atoms with Crippen molar-refractivity contribution in [3.8, 4) is 22.5 Å². The van der Waals surface area contributed by atoms with Gasteiger partial charge in [-0.3, -0.25) is 0 Å². The van der Waals surface area contributed by atoms with Crippen LogP contribution in [0.5, 0.6) is 0 Å². The first-order valence-electron chi connectivity index (χ1n) is 22.0. The minimum Gasteiger partial charge on any atom is -0.456 e. The lowest BCUT2D eigenvalue weighted by Gasteiger charge is -2.35. The standard InChI is InChI=1S/C60H40N2OSi/c1-3-17-41(18-4-1)42-19-15-23-46(37-42)64(45-21-5-2-6-22-45,48-34-36-60-54(40-48)52-28-10-14-32-59(52)63-60)47-24-16-20-43(38-47)61-57-31-13-9-27-51(57)53-39-44(33-35-58(53)61)62-55-29-11-7-25-49(55)50-26-8-12-30-56(50)62/h1-40H. The molecule has 3 heterocycles. The molecule has 0 fully saturated rings. The van der Waals surface area contributed by atoms with Gasteiger partial charge in [0, 0.05) is 43.7 Å². The predicted molar refractivity (Wildman–Crippen MR) is 271 cm³/mol. The highest BCUT2D eigenvalue weighted by Gasteiger charge is 2.42. The molecule has 0 saturated heterocycles. The largest absolute Gasteiger partial charge is 0.456 e. The number of nitrogens with zero attached hydrogens (tertiary/aromatic N) is 2. The Bertz CT molecular complexity index is 3860. The zero-order valence-corrected chi connectivity index (χ0v) is 35.9. The van der Waals surface area contributed by atoms with Gasteiger partial charge in [-0.2, -0.15) is 0 Å². The summed E-state index contributed by atoms with van der Waals surface area (Å²) in [6.45, 7) is 0. The first-order chi connectivity index (χ1) is 31.7. The van der Waals surface area contributed by atoms with Gasteiger partial charge in [-0.1, -0.05) is 182 Å². The van der Waals surface area contributed by atoms with E-state index in [0.717, 1.165) is 33.3 Å². The fourth-order valence-electron chi connectivity index (χ4n) is 10.7. The van der Waals surface area contributed by atoms with Crippen LogP contribution >= 0.6 is 0 Å². The van der Waals surface area contributed by atoms with E-state index in [1.165, 1.54) is 75.5 Å². The monoisotopic (exact) mass is 832 g/mol. The van der Waals surface area contributed by atoms with Crippen LogP contribution < -0.4 is 20.7 Å². The van der Waals surface area contributed by atoms with E-state index in [4.69, 9.17) is 4.42 Å². The summed E-state index contributed by atoms with van der Waals surface area (Å²) < 4.78 is 11.3. The molecule has 0 aliphatic rings. The molecular formula is C60H40N2OSi. The maximum absolute atomic E-state index is 6.45. The number of aromatic nitrogens is 2. The van der Waals surface area contributed by atoms with Crippen LogP contribution in [0.4, 0.5) is 0 Å². The van der Waals surface area contributed by atoms with Gasteiger partial charge in [0.1, 0.15) is 11.2 Å². The number of fused-ring (bicyclic) bond motifs is 9. The first kappa shape index (κ1) is 36.5. The van der Waals surface area contributed by atoms with Crippen molar-refractivity contribution in [1.82, 2.24) is 9.13 Å². The average Bonchev–Trinajstić information content (AvgIpc) is 4.02. The van der Waals surface area contributed by atoms with Crippen LogP contribution in [0, 0.1) is 0 Å². The predicted octanol–water partition coefficient (Wildman–Crippen LogP) is 12.8. The van der Waals surface area contributed by atoms with Crippen molar-refractivity contribution in [2.75, 3.05) is 0 Å². The van der Waals surface area contributed by atoms with Crippen molar-refractivity contribution in [3.63, 3.8) is 0 Å². The number of rotatable bonds is 7. The number of hydrogen-bond donors (Lipinski definition) is 0. The second-order valence-electron chi connectivity index (χ2n) is 16.8. The molecule has 0 amide bonds. The minimum atomic E-state index is -3.08. The minimum absolute atomic E-state index is 0.901. The third kappa shape index (κ3) is 5.46. The number of hydrogen-bond acceptors (Lipinski definition) is 1. The summed E-state index contributed by atoms with van der Waals surface area (Å²) in [5.41, 5.74) is 11.3. The van der Waals surface area contributed by atoms with Crippen molar-refractivity contribution in [1.29, 1.82) is 0 Å². The molecule has 13 aromatic rings. The molecule has 3 aromatic heterocycles. The highest BCUT2D eigenvalue weighted by Crippen LogP contribution is 2.37. The number of benzene rings is 10. The van der Waals surface area contributed by atoms with Crippen molar-refractivity contribution < 1.29 is 4.42 Å². The number of para-hydroxylation sites is 4. The highest BCUT2D eigenvalue weighted by atomic mass is 28.3. The van der Waals surface area contributed by atoms with Gasteiger partial charge in [0.05, 0.1) is 22.1 Å². The zero-order valence-electron chi connectivity index (χ0n) is 34.9. The smallest absolute Gasteiger partial charge is 0.179 e. The van der Waals surface area contributed by atoms with E-state index in [1.807, 2.05) is 0 Å². The Kier molecular flexibility index (Phi) is 8.23. The van der Waals surface area contributed by atoms with Gasteiger partial charge in [0.25, 0.3) is 0 Å². The first-order valence-corrected chi connectivity index (χ1v) is 24.0. The van der Waals surface area contributed by atoms with E-state index in [2.05, 4.69) is 252 Å². The SMILES string of the molecule is c1ccc(-c2cccc([Si](c3ccccc3)(c3cccc(-n4c5ccccc5c5cc(-n6c7ccccc7c7ccccc76)ccc54)c3)c3ccc4oc5ccccc5c4c3)c2)cc1. The van der Waals surface area contributed by atoms with Gasteiger partial charge >= 0.3 is 0 Å². The van der Waals surface area contributed by atoms with Crippen LogP contribution in [0.15, 0.2) is 247 Å². The second-order valence-corrected chi connectivity index (χ2v) is 20.7. The second kappa shape index (κ2) is 14.5. The van der Waals surface area contributed by atoms with E-state index in [9.17, 15) is 0 Å². The summed E-state index contributed by atoms with van der Waals surface area (Å²) in [5, 5.41) is 12.5. The Balaban J connectivity index is 1.08. The quantitative estimate of drug-likeness (QED) is 0.116. The molecule has 300 valence electrons.